The lowest BCUT2D eigenvalue weighted by molar-refractivity contribution is -0.155. The summed E-state index contributed by atoms with van der Waals surface area (Å²) in [4.78, 5) is 49.3. The number of esters is 2. The van der Waals surface area contributed by atoms with E-state index in [9.17, 15) is 19.2 Å². The molecule has 0 aliphatic heterocycles. The standard InChI is InChI=1S/C28H34N2O7/c1-5-35-25(32)16-29-26(33)23(14-15-24(31)37-28(2,3)4)30-27(34)36-17-22-20-12-8-6-10-18(20)19-11-7-9-13-21(19)22/h6-13,22-23H,5,14-17H2,1-4H3,(H,29,33)(H,30,34)/t23-/m0/s1. The van der Waals surface area contributed by atoms with Crippen molar-refractivity contribution in [2.75, 3.05) is 19.8 Å². The normalized spacial score (nSPS) is 13.1. The molecule has 0 unspecified atom stereocenters. The van der Waals surface area contributed by atoms with Crippen LogP contribution in [0.15, 0.2) is 48.5 Å². The molecule has 9 nitrogen and oxygen atoms in total. The molecule has 0 aromatic heterocycles. The summed E-state index contributed by atoms with van der Waals surface area (Å²) in [6.07, 6.45) is -0.950. The lowest BCUT2D eigenvalue weighted by atomic mass is 9.98. The van der Waals surface area contributed by atoms with E-state index in [0.29, 0.717) is 0 Å². The van der Waals surface area contributed by atoms with Crippen LogP contribution in [0.5, 0.6) is 0 Å². The van der Waals surface area contributed by atoms with Gasteiger partial charge >= 0.3 is 18.0 Å². The van der Waals surface area contributed by atoms with Crippen LogP contribution in [0.25, 0.3) is 11.1 Å². The van der Waals surface area contributed by atoms with Crippen molar-refractivity contribution >= 4 is 23.9 Å². The van der Waals surface area contributed by atoms with E-state index >= 15 is 0 Å². The molecule has 2 aromatic rings. The summed E-state index contributed by atoms with van der Waals surface area (Å²) in [6, 6.07) is 14.8. The molecule has 3 rings (SSSR count). The second-order valence-corrected chi connectivity index (χ2v) is 9.67. The molecule has 0 radical (unpaired) electrons. The summed E-state index contributed by atoms with van der Waals surface area (Å²) >= 11 is 0. The maximum absolute atomic E-state index is 12.7. The third-order valence-corrected chi connectivity index (χ3v) is 5.72. The van der Waals surface area contributed by atoms with Crippen LogP contribution in [0.4, 0.5) is 4.79 Å². The molecule has 0 saturated carbocycles. The van der Waals surface area contributed by atoms with Crippen molar-refractivity contribution in [3.05, 3.63) is 59.7 Å². The molecule has 1 atom stereocenters. The fourth-order valence-electron chi connectivity index (χ4n) is 4.20. The summed E-state index contributed by atoms with van der Waals surface area (Å²) in [5, 5.41) is 4.96. The predicted molar refractivity (Wildman–Crippen MR) is 137 cm³/mol. The minimum Gasteiger partial charge on any atom is -0.465 e. The molecule has 2 amide bonds. The topological polar surface area (TPSA) is 120 Å². The van der Waals surface area contributed by atoms with Crippen LogP contribution < -0.4 is 10.6 Å². The Morgan fingerprint density at radius 2 is 1.49 bits per heavy atom. The van der Waals surface area contributed by atoms with E-state index in [2.05, 4.69) is 10.6 Å². The number of hydrogen-bond acceptors (Lipinski definition) is 7. The molecule has 1 aliphatic carbocycles. The van der Waals surface area contributed by atoms with Crippen molar-refractivity contribution < 1.29 is 33.4 Å². The Morgan fingerprint density at radius 3 is 2.05 bits per heavy atom. The molecule has 2 N–H and O–H groups in total. The smallest absolute Gasteiger partial charge is 0.407 e. The van der Waals surface area contributed by atoms with Crippen LogP contribution in [0, 0.1) is 0 Å². The molecular weight excluding hydrogens is 476 g/mol. The van der Waals surface area contributed by atoms with E-state index in [1.807, 2.05) is 48.5 Å². The Kier molecular flexibility index (Phi) is 9.27. The summed E-state index contributed by atoms with van der Waals surface area (Å²) < 4.78 is 15.6. The number of carbonyl (C=O) groups excluding carboxylic acids is 4. The van der Waals surface area contributed by atoms with Gasteiger partial charge in [-0.2, -0.15) is 0 Å². The van der Waals surface area contributed by atoms with Crippen LogP contribution in [-0.2, 0) is 28.6 Å². The van der Waals surface area contributed by atoms with Crippen molar-refractivity contribution in [1.29, 1.82) is 0 Å². The van der Waals surface area contributed by atoms with Gasteiger partial charge in [0.2, 0.25) is 5.91 Å². The van der Waals surface area contributed by atoms with Crippen molar-refractivity contribution in [2.24, 2.45) is 0 Å². The number of benzene rings is 2. The maximum Gasteiger partial charge on any atom is 0.407 e. The highest BCUT2D eigenvalue weighted by Gasteiger charge is 2.30. The van der Waals surface area contributed by atoms with Crippen molar-refractivity contribution in [3.8, 4) is 11.1 Å². The zero-order chi connectivity index (χ0) is 27.0. The Balaban J connectivity index is 1.64. The molecular formula is C28H34N2O7. The molecule has 198 valence electrons. The summed E-state index contributed by atoms with van der Waals surface area (Å²) in [5.41, 5.74) is 3.63. The molecule has 1 aliphatic rings. The average Bonchev–Trinajstić information content (AvgIpc) is 3.16. The van der Waals surface area contributed by atoms with Crippen molar-refractivity contribution in [2.45, 2.75) is 58.1 Å². The Bertz CT molecular complexity index is 1090. The fourth-order valence-corrected chi connectivity index (χ4v) is 4.20. The highest BCUT2D eigenvalue weighted by molar-refractivity contribution is 5.88. The molecule has 0 fully saturated rings. The van der Waals surface area contributed by atoms with Gasteiger partial charge in [0.1, 0.15) is 24.8 Å². The van der Waals surface area contributed by atoms with Gasteiger partial charge in [0, 0.05) is 12.3 Å². The Hall–Kier alpha value is -3.88. The first-order chi connectivity index (χ1) is 17.6. The van der Waals surface area contributed by atoms with Crippen molar-refractivity contribution in [3.63, 3.8) is 0 Å². The number of hydrogen-bond donors (Lipinski definition) is 2. The number of carbonyl (C=O) groups is 4. The molecule has 0 saturated heterocycles. The van der Waals surface area contributed by atoms with Crippen molar-refractivity contribution in [1.82, 2.24) is 10.6 Å². The summed E-state index contributed by atoms with van der Waals surface area (Å²) in [6.45, 7) is 6.76. The number of alkyl carbamates (subject to hydrolysis) is 1. The van der Waals surface area contributed by atoms with E-state index in [-0.39, 0.29) is 38.5 Å². The lowest BCUT2D eigenvalue weighted by Gasteiger charge is -2.22. The lowest BCUT2D eigenvalue weighted by Crippen LogP contribution is -2.48. The first-order valence-electron chi connectivity index (χ1n) is 12.4. The number of ether oxygens (including phenoxy) is 3. The molecule has 0 spiro atoms. The van der Waals surface area contributed by atoms with Gasteiger partial charge < -0.3 is 24.8 Å². The zero-order valence-corrected chi connectivity index (χ0v) is 21.7. The quantitative estimate of drug-likeness (QED) is 0.369. The first-order valence-corrected chi connectivity index (χ1v) is 12.4. The van der Waals surface area contributed by atoms with Crippen LogP contribution in [-0.4, -0.2) is 55.3 Å². The van der Waals surface area contributed by atoms with E-state index in [1.165, 1.54) is 0 Å². The maximum atomic E-state index is 12.7. The fraction of sp³-hybridized carbons (Fsp3) is 0.429. The van der Waals surface area contributed by atoms with Gasteiger partial charge in [-0.25, -0.2) is 4.79 Å². The predicted octanol–water partition coefficient (Wildman–Crippen LogP) is 3.69. The van der Waals surface area contributed by atoms with Gasteiger partial charge in [-0.3, -0.25) is 14.4 Å². The first kappa shape index (κ1) is 27.7. The second kappa shape index (κ2) is 12.4. The molecule has 2 aromatic carbocycles. The number of amides is 2. The van der Waals surface area contributed by atoms with Gasteiger partial charge in [-0.05, 0) is 56.4 Å². The van der Waals surface area contributed by atoms with Gasteiger partial charge in [-0.15, -0.1) is 0 Å². The third kappa shape index (κ3) is 7.80. The van der Waals surface area contributed by atoms with E-state index in [1.54, 1.807) is 27.7 Å². The molecule has 37 heavy (non-hydrogen) atoms. The minimum atomic E-state index is -1.11. The highest BCUT2D eigenvalue weighted by atomic mass is 16.6. The van der Waals surface area contributed by atoms with Crippen LogP contribution in [0.3, 0.4) is 0 Å². The summed E-state index contributed by atoms with van der Waals surface area (Å²) in [5.74, 6) is -1.89. The minimum absolute atomic E-state index is 0.0340. The van der Waals surface area contributed by atoms with E-state index in [4.69, 9.17) is 14.2 Å². The molecule has 9 heteroatoms. The third-order valence-electron chi connectivity index (χ3n) is 5.72. The number of fused-ring (bicyclic) bond motifs is 3. The number of rotatable bonds is 10. The van der Waals surface area contributed by atoms with E-state index in [0.717, 1.165) is 22.3 Å². The van der Waals surface area contributed by atoms with Crippen LogP contribution in [0.2, 0.25) is 0 Å². The Labute approximate surface area is 216 Å². The Morgan fingerprint density at radius 1 is 0.892 bits per heavy atom. The number of nitrogens with one attached hydrogen (secondary N) is 2. The van der Waals surface area contributed by atoms with E-state index < -0.39 is 35.6 Å². The monoisotopic (exact) mass is 510 g/mol. The molecule has 0 heterocycles. The van der Waals surface area contributed by atoms with Crippen LogP contribution in [0.1, 0.15) is 57.6 Å². The van der Waals surface area contributed by atoms with Crippen LogP contribution >= 0.6 is 0 Å². The van der Waals surface area contributed by atoms with Gasteiger partial charge in [0.15, 0.2) is 0 Å². The average molecular weight is 511 g/mol. The van der Waals surface area contributed by atoms with Gasteiger partial charge in [-0.1, -0.05) is 48.5 Å². The molecule has 0 bridgehead atoms. The second-order valence-electron chi connectivity index (χ2n) is 9.67. The zero-order valence-electron chi connectivity index (χ0n) is 21.7. The van der Waals surface area contributed by atoms with Gasteiger partial charge in [0.25, 0.3) is 0 Å². The van der Waals surface area contributed by atoms with Gasteiger partial charge in [0.05, 0.1) is 6.61 Å². The summed E-state index contributed by atoms with van der Waals surface area (Å²) in [7, 11) is 0. The SMILES string of the molecule is CCOC(=O)CNC(=O)[C@H](CCC(=O)OC(C)(C)C)NC(=O)OCC1c2ccccc2-c2ccccc21. The largest absolute Gasteiger partial charge is 0.465 e. The highest BCUT2D eigenvalue weighted by Crippen LogP contribution is 2.44.